The van der Waals surface area contributed by atoms with Crippen LogP contribution in [-0.4, -0.2) is 50.8 Å². The molecule has 0 atom stereocenters. The fourth-order valence-corrected chi connectivity index (χ4v) is 3.85. The van der Waals surface area contributed by atoms with Crippen LogP contribution in [0.15, 0.2) is 27.6 Å². The summed E-state index contributed by atoms with van der Waals surface area (Å²) in [6.45, 7) is 2.76. The molecule has 0 spiro atoms. The van der Waals surface area contributed by atoms with Gasteiger partial charge in [-0.25, -0.2) is 8.42 Å². The van der Waals surface area contributed by atoms with E-state index in [4.69, 9.17) is 5.73 Å². The Morgan fingerprint density at radius 2 is 1.95 bits per heavy atom. The van der Waals surface area contributed by atoms with Crippen LogP contribution in [0.3, 0.4) is 0 Å². The first-order chi connectivity index (χ1) is 8.91. The van der Waals surface area contributed by atoms with E-state index in [0.717, 1.165) is 19.5 Å². The Morgan fingerprint density at radius 3 is 2.63 bits per heavy atom. The second-order valence-electron chi connectivity index (χ2n) is 4.74. The van der Waals surface area contributed by atoms with Crippen molar-refractivity contribution in [2.24, 2.45) is 0 Å². The summed E-state index contributed by atoms with van der Waals surface area (Å²) in [4.78, 5) is 2.41. The molecule has 0 aromatic heterocycles. The number of likely N-dealkylation sites (N-methyl/N-ethyl adjacent to an activating group) is 1. The summed E-state index contributed by atoms with van der Waals surface area (Å²) in [5.41, 5.74) is 6.20. The van der Waals surface area contributed by atoms with Crippen LogP contribution in [0.2, 0.25) is 0 Å². The first kappa shape index (κ1) is 14.8. The molecule has 0 aliphatic carbocycles. The highest BCUT2D eigenvalue weighted by Gasteiger charge is 2.26. The van der Waals surface area contributed by atoms with Gasteiger partial charge in [0.25, 0.3) is 0 Å². The smallest absolute Gasteiger partial charge is 0.243 e. The topological polar surface area (TPSA) is 66.6 Å². The number of anilines is 1. The molecule has 7 heteroatoms. The van der Waals surface area contributed by atoms with Gasteiger partial charge in [0.2, 0.25) is 10.0 Å². The molecule has 1 fully saturated rings. The van der Waals surface area contributed by atoms with Crippen molar-refractivity contribution in [3.8, 4) is 0 Å². The quantitative estimate of drug-likeness (QED) is 0.820. The third-order valence-corrected chi connectivity index (χ3v) is 5.90. The molecule has 1 aromatic rings. The molecule has 1 aliphatic rings. The van der Waals surface area contributed by atoms with Crippen molar-refractivity contribution in [2.75, 3.05) is 39.0 Å². The van der Waals surface area contributed by atoms with Crippen molar-refractivity contribution in [3.63, 3.8) is 0 Å². The molecule has 2 N–H and O–H groups in total. The summed E-state index contributed by atoms with van der Waals surface area (Å²) in [6, 6.07) is 4.77. The van der Waals surface area contributed by atoms with Gasteiger partial charge in [-0.05, 0) is 54.1 Å². The maximum Gasteiger partial charge on any atom is 0.243 e. The van der Waals surface area contributed by atoms with Gasteiger partial charge in [-0.2, -0.15) is 4.31 Å². The second kappa shape index (κ2) is 5.78. The summed E-state index contributed by atoms with van der Waals surface area (Å²) >= 11 is 3.27. The number of hydrogen-bond donors (Lipinski definition) is 1. The number of benzene rings is 1. The Bertz CT molecular complexity index is 562. The summed E-state index contributed by atoms with van der Waals surface area (Å²) in [7, 11) is -1.43. The molecule has 2 rings (SSSR count). The summed E-state index contributed by atoms with van der Waals surface area (Å²) in [5.74, 6) is 0. The molecule has 0 radical (unpaired) electrons. The normalized spacial score (nSPS) is 19.3. The molecule has 1 aliphatic heterocycles. The molecule has 0 amide bonds. The van der Waals surface area contributed by atoms with Gasteiger partial charge in [-0.1, -0.05) is 0 Å². The lowest BCUT2D eigenvalue weighted by atomic mass is 10.3. The van der Waals surface area contributed by atoms with Gasteiger partial charge in [0.1, 0.15) is 0 Å². The average Bonchev–Trinajstić information content (AvgIpc) is 2.57. The lowest BCUT2D eigenvalue weighted by molar-refractivity contribution is 0.347. The predicted octanol–water partition coefficient (Wildman–Crippen LogP) is 1.36. The summed E-state index contributed by atoms with van der Waals surface area (Å²) in [5, 5.41) is 0. The van der Waals surface area contributed by atoms with E-state index in [1.54, 1.807) is 16.4 Å². The van der Waals surface area contributed by atoms with Crippen LogP contribution in [0.5, 0.6) is 0 Å². The molecule has 106 valence electrons. The minimum Gasteiger partial charge on any atom is -0.398 e. The molecule has 19 heavy (non-hydrogen) atoms. The number of rotatable bonds is 2. The van der Waals surface area contributed by atoms with Crippen LogP contribution in [0, 0.1) is 0 Å². The van der Waals surface area contributed by atoms with Crippen LogP contribution < -0.4 is 5.73 Å². The molecule has 0 unspecified atom stereocenters. The van der Waals surface area contributed by atoms with Crippen LogP contribution in [0.1, 0.15) is 6.42 Å². The number of nitrogens with zero attached hydrogens (tertiary/aromatic N) is 2. The van der Waals surface area contributed by atoms with Crippen molar-refractivity contribution in [1.29, 1.82) is 0 Å². The molecule has 0 saturated carbocycles. The number of nitrogen functional groups attached to an aromatic ring is 1. The van der Waals surface area contributed by atoms with Crippen LogP contribution in [-0.2, 0) is 10.0 Å². The molecule has 1 aromatic carbocycles. The summed E-state index contributed by atoms with van der Waals surface area (Å²) in [6.07, 6.45) is 0.849. The van der Waals surface area contributed by atoms with Gasteiger partial charge in [-0.15, -0.1) is 0 Å². The highest BCUT2D eigenvalue weighted by atomic mass is 79.9. The third kappa shape index (κ3) is 3.28. The van der Waals surface area contributed by atoms with E-state index < -0.39 is 10.0 Å². The molecule has 0 bridgehead atoms. The highest BCUT2D eigenvalue weighted by molar-refractivity contribution is 9.10. The first-order valence-electron chi connectivity index (χ1n) is 6.15. The van der Waals surface area contributed by atoms with Crippen molar-refractivity contribution in [3.05, 3.63) is 22.7 Å². The van der Waals surface area contributed by atoms with Gasteiger partial charge in [-0.3, -0.25) is 0 Å². The zero-order valence-electron chi connectivity index (χ0n) is 10.8. The van der Waals surface area contributed by atoms with Gasteiger partial charge < -0.3 is 10.6 Å². The third-order valence-electron chi connectivity index (χ3n) is 3.28. The van der Waals surface area contributed by atoms with E-state index in [1.807, 2.05) is 7.05 Å². The predicted molar refractivity (Wildman–Crippen MR) is 79.4 cm³/mol. The standard InChI is InChI=1S/C12H18BrN3O2S/c1-15-5-2-6-16(8-7-15)19(17,18)10-3-4-11(13)12(14)9-10/h3-4,9H,2,5-8,14H2,1H3. The molecule has 1 heterocycles. The number of hydrogen-bond acceptors (Lipinski definition) is 4. The van der Waals surface area contributed by atoms with Gasteiger partial charge >= 0.3 is 0 Å². The Hall–Kier alpha value is -0.630. The van der Waals surface area contributed by atoms with E-state index in [0.29, 0.717) is 23.2 Å². The fourth-order valence-electron chi connectivity index (χ4n) is 2.09. The average molecular weight is 348 g/mol. The van der Waals surface area contributed by atoms with Crippen LogP contribution in [0.4, 0.5) is 5.69 Å². The van der Waals surface area contributed by atoms with E-state index in [-0.39, 0.29) is 4.90 Å². The minimum absolute atomic E-state index is 0.262. The number of sulfonamides is 1. The summed E-state index contributed by atoms with van der Waals surface area (Å²) < 4.78 is 27.3. The van der Waals surface area contributed by atoms with Gasteiger partial charge in [0, 0.05) is 29.8 Å². The zero-order chi connectivity index (χ0) is 14.0. The van der Waals surface area contributed by atoms with E-state index >= 15 is 0 Å². The van der Waals surface area contributed by atoms with E-state index in [9.17, 15) is 8.42 Å². The maximum atomic E-state index is 12.5. The largest absolute Gasteiger partial charge is 0.398 e. The zero-order valence-corrected chi connectivity index (χ0v) is 13.2. The second-order valence-corrected chi connectivity index (χ2v) is 7.54. The maximum absolute atomic E-state index is 12.5. The molecular weight excluding hydrogens is 330 g/mol. The van der Waals surface area contributed by atoms with Crippen molar-refractivity contribution < 1.29 is 8.42 Å². The van der Waals surface area contributed by atoms with Gasteiger partial charge in [0.15, 0.2) is 0 Å². The SMILES string of the molecule is CN1CCCN(S(=O)(=O)c2ccc(Br)c(N)c2)CC1. The molecular formula is C12H18BrN3O2S. The lowest BCUT2D eigenvalue weighted by Gasteiger charge is -2.20. The van der Waals surface area contributed by atoms with Crippen molar-refractivity contribution in [1.82, 2.24) is 9.21 Å². The Kier molecular flexibility index (Phi) is 4.50. The fraction of sp³-hybridized carbons (Fsp3) is 0.500. The van der Waals surface area contributed by atoms with Gasteiger partial charge in [0.05, 0.1) is 4.90 Å². The lowest BCUT2D eigenvalue weighted by Crippen LogP contribution is -2.34. The Balaban J connectivity index is 2.28. The van der Waals surface area contributed by atoms with E-state index in [1.165, 1.54) is 6.07 Å². The van der Waals surface area contributed by atoms with E-state index in [2.05, 4.69) is 20.8 Å². The number of nitrogens with two attached hydrogens (primary N) is 1. The first-order valence-corrected chi connectivity index (χ1v) is 8.38. The van der Waals surface area contributed by atoms with Crippen LogP contribution >= 0.6 is 15.9 Å². The Morgan fingerprint density at radius 1 is 1.21 bits per heavy atom. The Labute approximate surface area is 122 Å². The molecule has 1 saturated heterocycles. The van der Waals surface area contributed by atoms with Crippen molar-refractivity contribution in [2.45, 2.75) is 11.3 Å². The number of halogens is 1. The molecule has 5 nitrogen and oxygen atoms in total. The minimum atomic E-state index is -3.44. The monoisotopic (exact) mass is 347 g/mol. The van der Waals surface area contributed by atoms with Crippen LogP contribution in [0.25, 0.3) is 0 Å². The van der Waals surface area contributed by atoms with Crippen molar-refractivity contribution >= 4 is 31.6 Å². The highest BCUT2D eigenvalue weighted by Crippen LogP contribution is 2.25.